The number of aliphatic hydroxyl groups excluding tert-OH is 1. The molecular formula is C18H24O. The Hall–Kier alpha value is -1.34. The number of rotatable bonds is 7. The second kappa shape index (κ2) is 7.30. The van der Waals surface area contributed by atoms with Crippen molar-refractivity contribution >= 4 is 10.8 Å². The first kappa shape index (κ1) is 14.1. The van der Waals surface area contributed by atoms with Gasteiger partial charge >= 0.3 is 0 Å². The van der Waals surface area contributed by atoms with Crippen LogP contribution in [0.4, 0.5) is 0 Å². The Morgan fingerprint density at radius 3 is 2.47 bits per heavy atom. The molecule has 0 bridgehead atoms. The molecule has 0 aromatic heterocycles. The number of aliphatic hydroxyl groups is 1. The van der Waals surface area contributed by atoms with Gasteiger partial charge in [0.25, 0.3) is 0 Å². The highest BCUT2D eigenvalue weighted by Gasteiger charge is 2.10. The first-order valence-electron chi connectivity index (χ1n) is 7.48. The van der Waals surface area contributed by atoms with Gasteiger partial charge in [0, 0.05) is 0 Å². The molecular weight excluding hydrogens is 232 g/mol. The molecule has 1 atom stereocenters. The predicted molar refractivity (Wildman–Crippen MR) is 82.3 cm³/mol. The fourth-order valence-corrected chi connectivity index (χ4v) is 2.64. The molecule has 2 rings (SSSR count). The molecule has 0 amide bonds. The summed E-state index contributed by atoms with van der Waals surface area (Å²) < 4.78 is 0. The number of unbranched alkanes of at least 4 members (excludes halogenated alkanes) is 4. The highest BCUT2D eigenvalue weighted by Crippen LogP contribution is 2.27. The van der Waals surface area contributed by atoms with Crippen LogP contribution < -0.4 is 0 Å². The van der Waals surface area contributed by atoms with E-state index in [2.05, 4.69) is 31.2 Å². The van der Waals surface area contributed by atoms with Crippen LogP contribution in [0.5, 0.6) is 0 Å². The van der Waals surface area contributed by atoms with Gasteiger partial charge < -0.3 is 5.11 Å². The van der Waals surface area contributed by atoms with Gasteiger partial charge in [0.05, 0.1) is 6.10 Å². The molecule has 0 aliphatic heterocycles. The van der Waals surface area contributed by atoms with Gasteiger partial charge in [-0.2, -0.15) is 0 Å². The van der Waals surface area contributed by atoms with Crippen LogP contribution in [-0.2, 0) is 0 Å². The van der Waals surface area contributed by atoms with Crippen molar-refractivity contribution in [2.75, 3.05) is 0 Å². The lowest BCUT2D eigenvalue weighted by Gasteiger charge is -2.13. The Kier molecular flexibility index (Phi) is 5.41. The van der Waals surface area contributed by atoms with E-state index in [4.69, 9.17) is 0 Å². The van der Waals surface area contributed by atoms with Gasteiger partial charge in [-0.25, -0.2) is 0 Å². The van der Waals surface area contributed by atoms with E-state index < -0.39 is 0 Å². The molecule has 0 aliphatic rings. The lowest BCUT2D eigenvalue weighted by atomic mass is 9.97. The average Bonchev–Trinajstić information content (AvgIpc) is 2.46. The lowest BCUT2D eigenvalue weighted by molar-refractivity contribution is 0.165. The molecule has 102 valence electrons. The molecule has 0 saturated carbocycles. The minimum Gasteiger partial charge on any atom is -0.388 e. The van der Waals surface area contributed by atoms with Crippen molar-refractivity contribution in [1.29, 1.82) is 0 Å². The molecule has 0 fully saturated rings. The molecule has 0 heterocycles. The molecule has 0 saturated heterocycles. The van der Waals surface area contributed by atoms with Gasteiger partial charge in [0.15, 0.2) is 0 Å². The Balaban J connectivity index is 1.99. The van der Waals surface area contributed by atoms with E-state index in [0.29, 0.717) is 0 Å². The zero-order valence-corrected chi connectivity index (χ0v) is 11.8. The van der Waals surface area contributed by atoms with Crippen molar-refractivity contribution in [3.63, 3.8) is 0 Å². The van der Waals surface area contributed by atoms with Crippen molar-refractivity contribution < 1.29 is 5.11 Å². The van der Waals surface area contributed by atoms with Crippen molar-refractivity contribution in [2.24, 2.45) is 0 Å². The zero-order chi connectivity index (χ0) is 13.5. The van der Waals surface area contributed by atoms with E-state index in [1.54, 1.807) is 0 Å². The molecule has 0 radical (unpaired) electrons. The maximum atomic E-state index is 10.4. The maximum Gasteiger partial charge on any atom is 0.0796 e. The van der Waals surface area contributed by atoms with Gasteiger partial charge in [-0.05, 0) is 22.8 Å². The number of fused-ring (bicyclic) bond motifs is 1. The van der Waals surface area contributed by atoms with Crippen LogP contribution in [0, 0.1) is 0 Å². The summed E-state index contributed by atoms with van der Waals surface area (Å²) in [5.41, 5.74) is 1.08. The highest BCUT2D eigenvalue weighted by atomic mass is 16.3. The van der Waals surface area contributed by atoms with E-state index >= 15 is 0 Å². The molecule has 1 unspecified atom stereocenters. The first-order chi connectivity index (χ1) is 9.33. The zero-order valence-electron chi connectivity index (χ0n) is 11.8. The second-order valence-electron chi connectivity index (χ2n) is 5.29. The summed E-state index contributed by atoms with van der Waals surface area (Å²) in [4.78, 5) is 0. The van der Waals surface area contributed by atoms with Gasteiger partial charge in [-0.1, -0.05) is 81.5 Å². The third-order valence-electron chi connectivity index (χ3n) is 3.76. The first-order valence-corrected chi connectivity index (χ1v) is 7.48. The molecule has 2 aromatic carbocycles. The Morgan fingerprint density at radius 1 is 0.895 bits per heavy atom. The van der Waals surface area contributed by atoms with Crippen LogP contribution in [0.15, 0.2) is 42.5 Å². The molecule has 0 spiro atoms. The summed E-state index contributed by atoms with van der Waals surface area (Å²) >= 11 is 0. The van der Waals surface area contributed by atoms with E-state index in [1.165, 1.54) is 36.5 Å². The van der Waals surface area contributed by atoms with Crippen LogP contribution in [-0.4, -0.2) is 5.11 Å². The van der Waals surface area contributed by atoms with Crippen molar-refractivity contribution in [2.45, 2.75) is 51.6 Å². The van der Waals surface area contributed by atoms with Crippen LogP contribution in [0.3, 0.4) is 0 Å². The largest absolute Gasteiger partial charge is 0.388 e. The predicted octanol–water partition coefficient (Wildman–Crippen LogP) is 5.23. The minimum atomic E-state index is -0.326. The summed E-state index contributed by atoms with van der Waals surface area (Å²) in [5, 5.41) is 12.8. The van der Waals surface area contributed by atoms with E-state index in [0.717, 1.165) is 18.4 Å². The monoisotopic (exact) mass is 256 g/mol. The van der Waals surface area contributed by atoms with Crippen molar-refractivity contribution in [1.82, 2.24) is 0 Å². The topological polar surface area (TPSA) is 20.2 Å². The van der Waals surface area contributed by atoms with Crippen LogP contribution >= 0.6 is 0 Å². The molecule has 2 aromatic rings. The van der Waals surface area contributed by atoms with Gasteiger partial charge in [0.1, 0.15) is 0 Å². The summed E-state index contributed by atoms with van der Waals surface area (Å²) in [5.74, 6) is 0. The third kappa shape index (κ3) is 3.81. The SMILES string of the molecule is CCCCCCCC(O)c1cccc2ccccc12. The maximum absolute atomic E-state index is 10.4. The third-order valence-corrected chi connectivity index (χ3v) is 3.76. The quantitative estimate of drug-likeness (QED) is 0.672. The molecule has 1 heteroatoms. The number of benzene rings is 2. The summed E-state index contributed by atoms with van der Waals surface area (Å²) in [7, 11) is 0. The summed E-state index contributed by atoms with van der Waals surface area (Å²) in [6.07, 6.45) is 6.76. The summed E-state index contributed by atoms with van der Waals surface area (Å²) in [6, 6.07) is 14.5. The van der Waals surface area contributed by atoms with E-state index in [9.17, 15) is 5.11 Å². The van der Waals surface area contributed by atoms with Crippen LogP contribution in [0.25, 0.3) is 10.8 Å². The fraction of sp³-hybridized carbons (Fsp3) is 0.444. The summed E-state index contributed by atoms with van der Waals surface area (Å²) in [6.45, 7) is 2.23. The lowest BCUT2D eigenvalue weighted by Crippen LogP contribution is -1.98. The van der Waals surface area contributed by atoms with Crippen molar-refractivity contribution in [3.05, 3.63) is 48.0 Å². The highest BCUT2D eigenvalue weighted by molar-refractivity contribution is 5.85. The smallest absolute Gasteiger partial charge is 0.0796 e. The Morgan fingerprint density at radius 2 is 1.63 bits per heavy atom. The molecule has 0 aliphatic carbocycles. The average molecular weight is 256 g/mol. The minimum absolute atomic E-state index is 0.326. The fourth-order valence-electron chi connectivity index (χ4n) is 2.64. The van der Waals surface area contributed by atoms with Crippen LogP contribution in [0.1, 0.15) is 57.1 Å². The van der Waals surface area contributed by atoms with Crippen LogP contribution in [0.2, 0.25) is 0 Å². The number of hydrogen-bond acceptors (Lipinski definition) is 1. The standard InChI is InChI=1S/C18H24O/c1-2-3-4-5-6-14-18(19)17-13-9-11-15-10-7-8-12-16(15)17/h7-13,18-19H,2-6,14H2,1H3. The second-order valence-corrected chi connectivity index (χ2v) is 5.29. The molecule has 19 heavy (non-hydrogen) atoms. The molecule has 1 N–H and O–H groups in total. The molecule has 1 nitrogen and oxygen atoms in total. The van der Waals surface area contributed by atoms with Crippen molar-refractivity contribution in [3.8, 4) is 0 Å². The Bertz CT molecular complexity index is 499. The van der Waals surface area contributed by atoms with E-state index in [1.807, 2.05) is 18.2 Å². The Labute approximate surface area is 116 Å². The normalized spacial score (nSPS) is 12.7. The van der Waals surface area contributed by atoms with Gasteiger partial charge in [0.2, 0.25) is 0 Å². The van der Waals surface area contributed by atoms with Gasteiger partial charge in [-0.15, -0.1) is 0 Å². The number of hydrogen-bond donors (Lipinski definition) is 1. The van der Waals surface area contributed by atoms with Gasteiger partial charge in [-0.3, -0.25) is 0 Å². The van der Waals surface area contributed by atoms with E-state index in [-0.39, 0.29) is 6.10 Å².